The largest absolute Gasteiger partial charge is 0.358 e. The Morgan fingerprint density at radius 1 is 1.38 bits per heavy atom. The second-order valence-corrected chi connectivity index (χ2v) is 5.66. The number of nitro groups is 1. The number of hydrogen-bond donors (Lipinski definition) is 1. The quantitative estimate of drug-likeness (QED) is 0.492. The highest BCUT2D eigenvalue weighted by molar-refractivity contribution is 8.23. The fourth-order valence-electron chi connectivity index (χ4n) is 1.63. The highest BCUT2D eigenvalue weighted by Crippen LogP contribution is 2.23. The van der Waals surface area contributed by atoms with Crippen molar-refractivity contribution >= 4 is 45.6 Å². The predicted octanol–water partition coefficient (Wildman–Crippen LogP) is 2.89. The standard InChI is InChI=1S/C13H17N3O3S2/c1-3-15(4-2)13(20)21-9-12(17)14-10-7-5-6-8-11(10)16(18)19/h5-8H,3-4,9H2,1-2H3,(H,14,17). The lowest BCUT2D eigenvalue weighted by molar-refractivity contribution is -0.383. The molecule has 8 heteroatoms. The van der Waals surface area contributed by atoms with Crippen molar-refractivity contribution < 1.29 is 9.72 Å². The molecule has 0 aliphatic heterocycles. The van der Waals surface area contributed by atoms with Crippen molar-refractivity contribution in [3.05, 3.63) is 34.4 Å². The number of thioether (sulfide) groups is 1. The van der Waals surface area contributed by atoms with Crippen LogP contribution in [0.2, 0.25) is 0 Å². The van der Waals surface area contributed by atoms with Crippen molar-refractivity contribution in [2.45, 2.75) is 13.8 Å². The summed E-state index contributed by atoms with van der Waals surface area (Å²) in [6.45, 7) is 5.55. The average Bonchev–Trinajstić information content (AvgIpc) is 2.46. The monoisotopic (exact) mass is 327 g/mol. The molecule has 0 atom stereocenters. The summed E-state index contributed by atoms with van der Waals surface area (Å²) >= 11 is 6.48. The van der Waals surface area contributed by atoms with Crippen LogP contribution in [0.1, 0.15) is 13.8 Å². The Hall–Kier alpha value is -1.67. The summed E-state index contributed by atoms with van der Waals surface area (Å²) in [6.07, 6.45) is 0. The summed E-state index contributed by atoms with van der Waals surface area (Å²) < 4.78 is 0.651. The smallest absolute Gasteiger partial charge is 0.292 e. The van der Waals surface area contributed by atoms with Gasteiger partial charge in [-0.15, -0.1) is 0 Å². The number of benzene rings is 1. The normalized spacial score (nSPS) is 10.0. The Morgan fingerprint density at radius 2 is 2.00 bits per heavy atom. The molecule has 0 radical (unpaired) electrons. The van der Waals surface area contributed by atoms with Crippen LogP contribution in [0.5, 0.6) is 0 Å². The van der Waals surface area contributed by atoms with Gasteiger partial charge in [0.1, 0.15) is 10.0 Å². The summed E-state index contributed by atoms with van der Waals surface area (Å²) in [4.78, 5) is 24.2. The van der Waals surface area contributed by atoms with Gasteiger partial charge in [-0.1, -0.05) is 36.1 Å². The third kappa shape index (κ3) is 5.31. The summed E-state index contributed by atoms with van der Waals surface area (Å²) in [5, 5.41) is 13.4. The van der Waals surface area contributed by atoms with Crippen LogP contribution in [0, 0.1) is 10.1 Å². The first-order chi connectivity index (χ1) is 9.99. The molecule has 0 saturated carbocycles. The highest BCUT2D eigenvalue weighted by Gasteiger charge is 2.15. The molecule has 1 aromatic rings. The fourth-order valence-corrected chi connectivity index (χ4v) is 2.83. The summed E-state index contributed by atoms with van der Waals surface area (Å²) in [5.41, 5.74) is 0.0732. The number of carbonyl (C=O) groups is 1. The topological polar surface area (TPSA) is 75.5 Å². The number of nitro benzene ring substituents is 1. The van der Waals surface area contributed by atoms with Gasteiger partial charge in [0.05, 0.1) is 10.7 Å². The summed E-state index contributed by atoms with van der Waals surface area (Å²) in [7, 11) is 0. The van der Waals surface area contributed by atoms with E-state index in [9.17, 15) is 14.9 Å². The van der Waals surface area contributed by atoms with E-state index in [1.807, 2.05) is 18.7 Å². The maximum atomic E-state index is 11.9. The SMILES string of the molecule is CCN(CC)C(=S)SCC(=O)Nc1ccccc1[N+](=O)[O-]. The van der Waals surface area contributed by atoms with Crippen LogP contribution in [0.3, 0.4) is 0 Å². The maximum Gasteiger partial charge on any atom is 0.292 e. The van der Waals surface area contributed by atoms with Crippen LogP contribution in [-0.4, -0.2) is 38.9 Å². The molecule has 0 spiro atoms. The zero-order valence-electron chi connectivity index (χ0n) is 11.9. The minimum atomic E-state index is -0.525. The van der Waals surface area contributed by atoms with E-state index in [-0.39, 0.29) is 23.0 Å². The Kier molecular flexibility index (Phi) is 7.10. The Bertz CT molecular complexity index is 533. The number of anilines is 1. The first kappa shape index (κ1) is 17.4. The van der Waals surface area contributed by atoms with Crippen LogP contribution in [0.15, 0.2) is 24.3 Å². The number of amides is 1. The number of thiocarbonyl (C=S) groups is 1. The van der Waals surface area contributed by atoms with Gasteiger partial charge in [-0.2, -0.15) is 0 Å². The van der Waals surface area contributed by atoms with Crippen LogP contribution < -0.4 is 5.32 Å². The molecular weight excluding hydrogens is 310 g/mol. The van der Waals surface area contributed by atoms with Crippen molar-refractivity contribution in [2.75, 3.05) is 24.2 Å². The average molecular weight is 327 g/mol. The molecule has 1 rings (SSSR count). The second-order valence-electron chi connectivity index (χ2n) is 4.05. The number of nitrogens with zero attached hydrogens (tertiary/aromatic N) is 2. The molecule has 0 aliphatic carbocycles. The minimum absolute atomic E-state index is 0.123. The molecule has 1 aromatic carbocycles. The third-order valence-corrected chi connectivity index (χ3v) is 4.25. The molecule has 21 heavy (non-hydrogen) atoms. The maximum absolute atomic E-state index is 11.9. The van der Waals surface area contributed by atoms with Crippen molar-refractivity contribution in [3.63, 3.8) is 0 Å². The summed E-state index contributed by atoms with van der Waals surface area (Å²) in [5.74, 6) is -0.190. The number of nitrogens with one attached hydrogen (secondary N) is 1. The van der Waals surface area contributed by atoms with Gasteiger partial charge >= 0.3 is 0 Å². The fraction of sp³-hybridized carbons (Fsp3) is 0.385. The Labute approximate surface area is 133 Å². The lowest BCUT2D eigenvalue weighted by Crippen LogP contribution is -2.28. The van der Waals surface area contributed by atoms with E-state index in [4.69, 9.17) is 12.2 Å². The number of para-hydroxylation sites is 2. The number of carbonyl (C=O) groups excluding carboxylic acids is 1. The van der Waals surface area contributed by atoms with E-state index in [1.54, 1.807) is 12.1 Å². The van der Waals surface area contributed by atoms with Gasteiger partial charge in [0.15, 0.2) is 0 Å². The van der Waals surface area contributed by atoms with Gasteiger partial charge < -0.3 is 10.2 Å². The van der Waals surface area contributed by atoms with E-state index in [2.05, 4.69) is 5.32 Å². The zero-order chi connectivity index (χ0) is 15.8. The second kappa shape index (κ2) is 8.58. The summed E-state index contributed by atoms with van der Waals surface area (Å²) in [6, 6.07) is 6.04. The molecule has 6 nitrogen and oxygen atoms in total. The van der Waals surface area contributed by atoms with Crippen molar-refractivity contribution in [1.82, 2.24) is 4.90 Å². The molecule has 0 saturated heterocycles. The van der Waals surface area contributed by atoms with Crippen molar-refractivity contribution in [3.8, 4) is 0 Å². The van der Waals surface area contributed by atoms with E-state index in [0.717, 1.165) is 13.1 Å². The van der Waals surface area contributed by atoms with Gasteiger partial charge in [0.25, 0.3) is 5.69 Å². The van der Waals surface area contributed by atoms with Crippen LogP contribution in [0.25, 0.3) is 0 Å². The molecule has 0 bridgehead atoms. The van der Waals surface area contributed by atoms with E-state index >= 15 is 0 Å². The molecule has 0 aromatic heterocycles. The predicted molar refractivity (Wildman–Crippen MR) is 89.7 cm³/mol. The molecule has 1 N–H and O–H groups in total. The van der Waals surface area contributed by atoms with E-state index in [1.165, 1.54) is 23.9 Å². The van der Waals surface area contributed by atoms with Gasteiger partial charge in [-0.3, -0.25) is 14.9 Å². The molecule has 0 unspecified atom stereocenters. The number of rotatable bonds is 6. The number of hydrogen-bond acceptors (Lipinski definition) is 5. The van der Waals surface area contributed by atoms with E-state index in [0.29, 0.717) is 4.32 Å². The zero-order valence-corrected chi connectivity index (χ0v) is 13.5. The lowest BCUT2D eigenvalue weighted by Gasteiger charge is -2.20. The van der Waals surface area contributed by atoms with Gasteiger partial charge in [-0.25, -0.2) is 0 Å². The van der Waals surface area contributed by atoms with Crippen molar-refractivity contribution in [1.29, 1.82) is 0 Å². The van der Waals surface area contributed by atoms with Crippen LogP contribution >= 0.6 is 24.0 Å². The minimum Gasteiger partial charge on any atom is -0.358 e. The van der Waals surface area contributed by atoms with Gasteiger partial charge in [0.2, 0.25) is 5.91 Å². The Morgan fingerprint density at radius 3 is 2.57 bits per heavy atom. The molecule has 0 fully saturated rings. The first-order valence-corrected chi connectivity index (χ1v) is 7.83. The van der Waals surface area contributed by atoms with Crippen LogP contribution in [0.4, 0.5) is 11.4 Å². The molecule has 0 aliphatic rings. The molecule has 0 heterocycles. The van der Waals surface area contributed by atoms with Gasteiger partial charge in [0, 0.05) is 19.2 Å². The third-order valence-electron chi connectivity index (χ3n) is 2.72. The van der Waals surface area contributed by atoms with Crippen molar-refractivity contribution in [2.24, 2.45) is 0 Å². The molecule has 1 amide bonds. The van der Waals surface area contributed by atoms with Crippen LogP contribution in [-0.2, 0) is 4.79 Å². The van der Waals surface area contributed by atoms with Gasteiger partial charge in [-0.05, 0) is 19.9 Å². The molecule has 114 valence electrons. The molecular formula is C13H17N3O3S2. The Balaban J connectivity index is 2.59. The highest BCUT2D eigenvalue weighted by atomic mass is 32.2. The van der Waals surface area contributed by atoms with E-state index < -0.39 is 4.92 Å². The lowest BCUT2D eigenvalue weighted by atomic mass is 10.2. The first-order valence-electron chi connectivity index (χ1n) is 6.44.